The number of hydrogen-bond acceptors (Lipinski definition) is 3. The number of nitrogens with one attached hydrogen (secondary N) is 2. The smallest absolute Gasteiger partial charge is 0.303 e. The van der Waals surface area contributed by atoms with E-state index in [1.165, 1.54) is 0 Å². The van der Waals surface area contributed by atoms with Gasteiger partial charge in [0.2, 0.25) is 5.91 Å². The number of aliphatic carboxylic acids is 1. The average molecular weight is 244 g/mol. The number of carbonyl (C=O) groups is 2. The predicted molar refractivity (Wildman–Crippen MR) is 66.8 cm³/mol. The van der Waals surface area contributed by atoms with Gasteiger partial charge >= 0.3 is 5.97 Å². The third-order valence-corrected chi connectivity index (χ3v) is 2.85. The minimum Gasteiger partial charge on any atom is -0.481 e. The van der Waals surface area contributed by atoms with Crippen LogP contribution in [0.4, 0.5) is 0 Å². The van der Waals surface area contributed by atoms with Crippen LogP contribution in [0.15, 0.2) is 0 Å². The molecule has 1 amide bonds. The Morgan fingerprint density at radius 1 is 1.24 bits per heavy atom. The molecule has 0 spiro atoms. The Hall–Kier alpha value is -1.10. The van der Waals surface area contributed by atoms with E-state index in [1.807, 2.05) is 0 Å². The Morgan fingerprint density at radius 3 is 2.35 bits per heavy atom. The normalized spacial score (nSPS) is 12.5. The van der Waals surface area contributed by atoms with E-state index in [9.17, 15) is 9.59 Å². The zero-order valence-electron chi connectivity index (χ0n) is 11.0. The van der Waals surface area contributed by atoms with Crippen molar-refractivity contribution in [3.05, 3.63) is 0 Å². The van der Waals surface area contributed by atoms with Crippen LogP contribution >= 0.6 is 0 Å². The summed E-state index contributed by atoms with van der Waals surface area (Å²) in [4.78, 5) is 21.7. The van der Waals surface area contributed by atoms with Crippen LogP contribution in [-0.2, 0) is 9.59 Å². The molecule has 0 aliphatic carbocycles. The van der Waals surface area contributed by atoms with Crippen LogP contribution in [0.3, 0.4) is 0 Å². The molecule has 0 aliphatic heterocycles. The Bertz CT molecular complexity index is 242. The molecule has 1 atom stereocenters. The summed E-state index contributed by atoms with van der Waals surface area (Å²) in [7, 11) is 1.73. The first kappa shape index (κ1) is 15.9. The monoisotopic (exact) mass is 244 g/mol. The third kappa shape index (κ3) is 8.68. The Kier molecular flexibility index (Phi) is 8.40. The maximum absolute atomic E-state index is 11.2. The molecule has 0 saturated heterocycles. The van der Waals surface area contributed by atoms with Crippen molar-refractivity contribution in [2.24, 2.45) is 11.8 Å². The second kappa shape index (κ2) is 8.98. The fraction of sp³-hybridized carbons (Fsp3) is 0.833. The summed E-state index contributed by atoms with van der Waals surface area (Å²) in [5.74, 6) is 0.0136. The van der Waals surface area contributed by atoms with Crippen LogP contribution < -0.4 is 10.6 Å². The highest BCUT2D eigenvalue weighted by Crippen LogP contribution is 2.20. The van der Waals surface area contributed by atoms with Crippen LogP contribution in [0.25, 0.3) is 0 Å². The number of carbonyl (C=O) groups excluding carboxylic acids is 1. The minimum atomic E-state index is -0.755. The molecule has 0 saturated carbocycles. The van der Waals surface area contributed by atoms with E-state index in [1.54, 1.807) is 7.05 Å². The SMILES string of the molecule is CNCC(=O)NCCC(CCC(=O)O)C(C)C. The lowest BCUT2D eigenvalue weighted by Crippen LogP contribution is -2.33. The molecule has 0 aromatic rings. The van der Waals surface area contributed by atoms with Gasteiger partial charge < -0.3 is 15.7 Å². The van der Waals surface area contributed by atoms with Crippen LogP contribution in [0.5, 0.6) is 0 Å². The number of amides is 1. The maximum Gasteiger partial charge on any atom is 0.303 e. The van der Waals surface area contributed by atoms with Gasteiger partial charge in [-0.1, -0.05) is 13.8 Å². The molecular weight excluding hydrogens is 220 g/mol. The van der Waals surface area contributed by atoms with Gasteiger partial charge in [0.1, 0.15) is 0 Å². The van der Waals surface area contributed by atoms with Gasteiger partial charge in [-0.25, -0.2) is 0 Å². The second-order valence-corrected chi connectivity index (χ2v) is 4.61. The molecule has 17 heavy (non-hydrogen) atoms. The van der Waals surface area contributed by atoms with Crippen LogP contribution in [-0.4, -0.2) is 37.1 Å². The van der Waals surface area contributed by atoms with Gasteiger partial charge in [-0.3, -0.25) is 9.59 Å². The van der Waals surface area contributed by atoms with Gasteiger partial charge in [0.15, 0.2) is 0 Å². The summed E-state index contributed by atoms with van der Waals surface area (Å²) in [6, 6.07) is 0. The first-order valence-corrected chi connectivity index (χ1v) is 6.10. The van der Waals surface area contributed by atoms with Gasteiger partial charge in [-0.15, -0.1) is 0 Å². The molecule has 0 aliphatic rings. The van der Waals surface area contributed by atoms with E-state index in [2.05, 4.69) is 24.5 Å². The van der Waals surface area contributed by atoms with Crippen LogP contribution in [0.1, 0.15) is 33.1 Å². The van der Waals surface area contributed by atoms with E-state index >= 15 is 0 Å². The van der Waals surface area contributed by atoms with Gasteiger partial charge in [-0.2, -0.15) is 0 Å². The zero-order valence-corrected chi connectivity index (χ0v) is 11.0. The maximum atomic E-state index is 11.2. The number of likely N-dealkylation sites (N-methyl/N-ethyl adjacent to an activating group) is 1. The average Bonchev–Trinajstić information content (AvgIpc) is 2.22. The zero-order chi connectivity index (χ0) is 13.3. The van der Waals surface area contributed by atoms with Crippen molar-refractivity contribution in [2.45, 2.75) is 33.1 Å². The fourth-order valence-electron chi connectivity index (χ4n) is 1.74. The molecule has 100 valence electrons. The van der Waals surface area contributed by atoms with Gasteiger partial charge in [0.25, 0.3) is 0 Å². The third-order valence-electron chi connectivity index (χ3n) is 2.85. The summed E-state index contributed by atoms with van der Waals surface area (Å²) in [6.45, 7) is 5.11. The number of carboxylic acid groups (broad SMARTS) is 1. The molecule has 0 bridgehead atoms. The Balaban J connectivity index is 3.85. The molecule has 1 unspecified atom stereocenters. The lowest BCUT2D eigenvalue weighted by Gasteiger charge is -2.20. The van der Waals surface area contributed by atoms with E-state index in [-0.39, 0.29) is 12.3 Å². The Labute approximate surface area is 103 Å². The lowest BCUT2D eigenvalue weighted by molar-refractivity contribution is -0.137. The van der Waals surface area contributed by atoms with Gasteiger partial charge in [0.05, 0.1) is 6.54 Å². The summed E-state index contributed by atoms with van der Waals surface area (Å²) in [5.41, 5.74) is 0. The highest BCUT2D eigenvalue weighted by molar-refractivity contribution is 5.77. The van der Waals surface area contributed by atoms with Crippen molar-refractivity contribution in [3.63, 3.8) is 0 Å². The minimum absolute atomic E-state index is 0.0201. The van der Waals surface area contributed by atoms with Crippen molar-refractivity contribution >= 4 is 11.9 Å². The molecule has 5 nitrogen and oxygen atoms in total. The molecular formula is C12H24N2O3. The lowest BCUT2D eigenvalue weighted by atomic mass is 9.88. The van der Waals surface area contributed by atoms with Crippen molar-refractivity contribution in [3.8, 4) is 0 Å². The van der Waals surface area contributed by atoms with Crippen LogP contribution in [0.2, 0.25) is 0 Å². The van der Waals surface area contributed by atoms with Crippen molar-refractivity contribution in [1.29, 1.82) is 0 Å². The predicted octanol–water partition coefficient (Wildman–Crippen LogP) is 0.849. The summed E-state index contributed by atoms with van der Waals surface area (Å²) in [5, 5.41) is 14.2. The molecule has 0 aromatic heterocycles. The largest absolute Gasteiger partial charge is 0.481 e. The highest BCUT2D eigenvalue weighted by Gasteiger charge is 2.14. The molecule has 3 N–H and O–H groups in total. The van der Waals surface area contributed by atoms with E-state index in [4.69, 9.17) is 5.11 Å². The number of carboxylic acids is 1. The summed E-state index contributed by atoms with van der Waals surface area (Å²) in [6.07, 6.45) is 1.71. The summed E-state index contributed by atoms with van der Waals surface area (Å²) >= 11 is 0. The topological polar surface area (TPSA) is 78.4 Å². The quantitative estimate of drug-likeness (QED) is 0.562. The van der Waals surface area contributed by atoms with Crippen molar-refractivity contribution < 1.29 is 14.7 Å². The van der Waals surface area contributed by atoms with E-state index in [0.29, 0.717) is 31.3 Å². The molecule has 0 fully saturated rings. The van der Waals surface area contributed by atoms with Crippen LogP contribution in [0, 0.1) is 11.8 Å². The molecule has 0 heterocycles. The van der Waals surface area contributed by atoms with Crippen molar-refractivity contribution in [2.75, 3.05) is 20.1 Å². The number of hydrogen-bond donors (Lipinski definition) is 3. The standard InChI is InChI=1S/C12H24N2O3/c1-9(2)10(4-5-12(16)17)6-7-14-11(15)8-13-3/h9-10,13H,4-8H2,1-3H3,(H,14,15)(H,16,17). The number of rotatable bonds is 9. The first-order chi connectivity index (χ1) is 7.97. The molecule has 0 radical (unpaired) electrons. The fourth-order valence-corrected chi connectivity index (χ4v) is 1.74. The Morgan fingerprint density at radius 2 is 1.88 bits per heavy atom. The molecule has 0 rings (SSSR count). The second-order valence-electron chi connectivity index (χ2n) is 4.61. The molecule has 5 heteroatoms. The van der Waals surface area contributed by atoms with E-state index in [0.717, 1.165) is 6.42 Å². The summed E-state index contributed by atoms with van der Waals surface area (Å²) < 4.78 is 0. The highest BCUT2D eigenvalue weighted by atomic mass is 16.4. The van der Waals surface area contributed by atoms with E-state index < -0.39 is 5.97 Å². The van der Waals surface area contributed by atoms with Gasteiger partial charge in [0, 0.05) is 13.0 Å². The molecule has 0 aromatic carbocycles. The first-order valence-electron chi connectivity index (χ1n) is 6.10. The van der Waals surface area contributed by atoms with Gasteiger partial charge in [-0.05, 0) is 31.7 Å². The van der Waals surface area contributed by atoms with Crippen molar-refractivity contribution in [1.82, 2.24) is 10.6 Å².